The van der Waals surface area contributed by atoms with E-state index in [1.54, 1.807) is 0 Å². The van der Waals surface area contributed by atoms with Crippen molar-refractivity contribution >= 4 is 11.6 Å². The monoisotopic (exact) mass is 223 g/mol. The van der Waals surface area contributed by atoms with Crippen molar-refractivity contribution < 1.29 is 0 Å². The SMILES string of the molecule is CCC[C@@H]1CNC[C@@H]1c1ccc(Cl)cc1. The summed E-state index contributed by atoms with van der Waals surface area (Å²) < 4.78 is 0. The highest BCUT2D eigenvalue weighted by Gasteiger charge is 2.27. The van der Waals surface area contributed by atoms with Crippen LogP contribution in [0.25, 0.3) is 0 Å². The molecule has 1 N–H and O–H groups in total. The lowest BCUT2D eigenvalue weighted by atomic mass is 9.86. The first-order valence-corrected chi connectivity index (χ1v) is 6.15. The molecule has 0 unspecified atom stereocenters. The second-order valence-electron chi connectivity index (χ2n) is 4.37. The van der Waals surface area contributed by atoms with Crippen molar-refractivity contribution in [3.8, 4) is 0 Å². The molecule has 0 saturated carbocycles. The first-order chi connectivity index (χ1) is 7.31. The molecule has 2 atom stereocenters. The van der Waals surface area contributed by atoms with Crippen molar-refractivity contribution in [3.05, 3.63) is 34.9 Å². The third-order valence-electron chi connectivity index (χ3n) is 3.30. The number of rotatable bonds is 3. The summed E-state index contributed by atoms with van der Waals surface area (Å²) in [7, 11) is 0. The van der Waals surface area contributed by atoms with Crippen LogP contribution in [0.5, 0.6) is 0 Å². The van der Waals surface area contributed by atoms with Crippen molar-refractivity contribution in [1.29, 1.82) is 0 Å². The molecule has 2 rings (SSSR count). The Morgan fingerprint density at radius 3 is 2.67 bits per heavy atom. The summed E-state index contributed by atoms with van der Waals surface area (Å²) >= 11 is 5.90. The van der Waals surface area contributed by atoms with E-state index in [2.05, 4.69) is 24.4 Å². The minimum atomic E-state index is 0.683. The highest BCUT2D eigenvalue weighted by molar-refractivity contribution is 6.30. The Morgan fingerprint density at radius 1 is 1.27 bits per heavy atom. The van der Waals surface area contributed by atoms with Crippen molar-refractivity contribution in [2.75, 3.05) is 13.1 Å². The minimum absolute atomic E-state index is 0.683. The quantitative estimate of drug-likeness (QED) is 0.828. The van der Waals surface area contributed by atoms with Crippen LogP contribution in [-0.2, 0) is 0 Å². The number of nitrogens with one attached hydrogen (secondary N) is 1. The highest BCUT2D eigenvalue weighted by atomic mass is 35.5. The molecule has 0 radical (unpaired) electrons. The van der Waals surface area contributed by atoms with E-state index in [0.29, 0.717) is 5.92 Å². The average Bonchev–Trinajstić information content (AvgIpc) is 2.68. The van der Waals surface area contributed by atoms with E-state index in [-0.39, 0.29) is 0 Å². The lowest BCUT2D eigenvalue weighted by Crippen LogP contribution is -2.10. The van der Waals surface area contributed by atoms with Crippen molar-refractivity contribution in [3.63, 3.8) is 0 Å². The van der Waals surface area contributed by atoms with Gasteiger partial charge in [-0.1, -0.05) is 37.1 Å². The lowest BCUT2D eigenvalue weighted by Gasteiger charge is -2.18. The molecule has 1 aromatic rings. The molecule has 1 aliphatic heterocycles. The van der Waals surface area contributed by atoms with Crippen LogP contribution in [-0.4, -0.2) is 13.1 Å². The number of benzene rings is 1. The topological polar surface area (TPSA) is 12.0 Å². The first-order valence-electron chi connectivity index (χ1n) is 5.77. The van der Waals surface area contributed by atoms with Gasteiger partial charge in [-0.05, 0) is 36.6 Å². The smallest absolute Gasteiger partial charge is 0.0406 e. The van der Waals surface area contributed by atoms with Crippen LogP contribution in [0, 0.1) is 5.92 Å². The summed E-state index contributed by atoms with van der Waals surface area (Å²) in [5, 5.41) is 4.32. The van der Waals surface area contributed by atoms with E-state index in [9.17, 15) is 0 Å². The fourth-order valence-electron chi connectivity index (χ4n) is 2.51. The van der Waals surface area contributed by atoms with Crippen molar-refractivity contribution in [1.82, 2.24) is 5.32 Å². The van der Waals surface area contributed by atoms with Crippen LogP contribution in [0.2, 0.25) is 5.02 Å². The zero-order valence-corrected chi connectivity index (χ0v) is 9.93. The molecule has 0 bridgehead atoms. The van der Waals surface area contributed by atoms with Gasteiger partial charge in [0.2, 0.25) is 0 Å². The molecule has 1 aliphatic rings. The van der Waals surface area contributed by atoms with Crippen LogP contribution in [0.3, 0.4) is 0 Å². The largest absolute Gasteiger partial charge is 0.316 e. The van der Waals surface area contributed by atoms with Gasteiger partial charge in [0.25, 0.3) is 0 Å². The normalized spacial score (nSPS) is 25.7. The summed E-state index contributed by atoms with van der Waals surface area (Å²) in [5.41, 5.74) is 1.43. The Balaban J connectivity index is 2.11. The molecule has 0 aromatic heterocycles. The third kappa shape index (κ3) is 2.53. The molecule has 0 spiro atoms. The van der Waals surface area contributed by atoms with Crippen LogP contribution < -0.4 is 5.32 Å². The van der Waals surface area contributed by atoms with Gasteiger partial charge in [0.15, 0.2) is 0 Å². The van der Waals surface area contributed by atoms with Gasteiger partial charge in [0.1, 0.15) is 0 Å². The molecular weight excluding hydrogens is 206 g/mol. The maximum absolute atomic E-state index is 5.90. The molecule has 15 heavy (non-hydrogen) atoms. The van der Waals surface area contributed by atoms with E-state index < -0.39 is 0 Å². The Morgan fingerprint density at radius 2 is 2.00 bits per heavy atom. The Hall–Kier alpha value is -0.530. The molecule has 1 heterocycles. The predicted molar refractivity (Wildman–Crippen MR) is 65.5 cm³/mol. The fraction of sp³-hybridized carbons (Fsp3) is 0.538. The molecule has 1 aromatic carbocycles. The van der Waals surface area contributed by atoms with Gasteiger partial charge >= 0.3 is 0 Å². The standard InChI is InChI=1S/C13H18ClN/c1-2-3-11-8-15-9-13(11)10-4-6-12(14)7-5-10/h4-7,11,13,15H,2-3,8-9H2,1H3/t11-,13-/m1/s1. The number of halogens is 1. The van der Waals surface area contributed by atoms with Gasteiger partial charge in [-0.3, -0.25) is 0 Å². The molecule has 1 saturated heterocycles. The zero-order chi connectivity index (χ0) is 10.7. The van der Waals surface area contributed by atoms with Crippen molar-refractivity contribution in [2.45, 2.75) is 25.7 Å². The summed E-state index contributed by atoms with van der Waals surface area (Å²) in [4.78, 5) is 0. The second kappa shape index (κ2) is 5.00. The zero-order valence-electron chi connectivity index (χ0n) is 9.17. The number of hydrogen-bond donors (Lipinski definition) is 1. The lowest BCUT2D eigenvalue weighted by molar-refractivity contribution is 0.474. The second-order valence-corrected chi connectivity index (χ2v) is 4.80. The molecule has 1 fully saturated rings. The fourth-order valence-corrected chi connectivity index (χ4v) is 2.63. The molecular formula is C13H18ClN. The molecule has 0 amide bonds. The van der Waals surface area contributed by atoms with Gasteiger partial charge in [0.05, 0.1) is 0 Å². The first kappa shape index (κ1) is 11.0. The van der Waals surface area contributed by atoms with E-state index in [1.165, 1.54) is 24.9 Å². The Bertz CT molecular complexity index is 307. The van der Waals surface area contributed by atoms with Crippen LogP contribution in [0.4, 0.5) is 0 Å². The maximum Gasteiger partial charge on any atom is 0.0406 e. The summed E-state index contributed by atoms with van der Waals surface area (Å²) in [5.74, 6) is 1.48. The maximum atomic E-state index is 5.90. The Labute approximate surface area is 96.8 Å². The molecule has 82 valence electrons. The summed E-state index contributed by atoms with van der Waals surface area (Å²) in [6.07, 6.45) is 2.59. The molecule has 1 nitrogen and oxygen atoms in total. The van der Waals surface area contributed by atoms with E-state index in [1.807, 2.05) is 12.1 Å². The van der Waals surface area contributed by atoms with Gasteiger partial charge in [-0.15, -0.1) is 0 Å². The van der Waals surface area contributed by atoms with Crippen LogP contribution in [0.15, 0.2) is 24.3 Å². The van der Waals surface area contributed by atoms with Gasteiger partial charge < -0.3 is 5.32 Å². The third-order valence-corrected chi connectivity index (χ3v) is 3.55. The van der Waals surface area contributed by atoms with Crippen molar-refractivity contribution in [2.24, 2.45) is 5.92 Å². The summed E-state index contributed by atoms with van der Waals surface area (Å²) in [6.45, 7) is 4.55. The van der Waals surface area contributed by atoms with E-state index in [4.69, 9.17) is 11.6 Å². The predicted octanol–water partition coefficient (Wildman–Crippen LogP) is 3.44. The minimum Gasteiger partial charge on any atom is -0.316 e. The average molecular weight is 224 g/mol. The Kier molecular flexibility index (Phi) is 3.66. The summed E-state index contributed by atoms with van der Waals surface area (Å²) in [6, 6.07) is 8.34. The van der Waals surface area contributed by atoms with Gasteiger partial charge in [-0.25, -0.2) is 0 Å². The van der Waals surface area contributed by atoms with Crippen LogP contribution in [0.1, 0.15) is 31.2 Å². The van der Waals surface area contributed by atoms with Gasteiger partial charge in [0, 0.05) is 17.5 Å². The number of hydrogen-bond acceptors (Lipinski definition) is 1. The van der Waals surface area contributed by atoms with E-state index in [0.717, 1.165) is 17.5 Å². The van der Waals surface area contributed by atoms with Gasteiger partial charge in [-0.2, -0.15) is 0 Å². The highest BCUT2D eigenvalue weighted by Crippen LogP contribution is 2.31. The molecule has 2 heteroatoms. The van der Waals surface area contributed by atoms with E-state index >= 15 is 0 Å². The van der Waals surface area contributed by atoms with Crippen LogP contribution >= 0.6 is 11.6 Å². The molecule has 0 aliphatic carbocycles.